The van der Waals surface area contributed by atoms with Crippen LogP contribution in [0.1, 0.15) is 46.9 Å². The minimum atomic E-state index is -0.578. The molecule has 152 valence electrons. The van der Waals surface area contributed by atoms with Gasteiger partial charge in [0.1, 0.15) is 22.7 Å². The van der Waals surface area contributed by atoms with Crippen molar-refractivity contribution in [3.05, 3.63) is 47.7 Å². The number of ketones is 1. The number of carbonyl (C=O) groups is 2. The number of methoxy groups -OCH3 is 1. The average molecular weight is 396 g/mol. The van der Waals surface area contributed by atoms with Gasteiger partial charge in [0, 0.05) is 38.2 Å². The Balaban J connectivity index is 1.49. The van der Waals surface area contributed by atoms with Gasteiger partial charge in [-0.05, 0) is 31.2 Å². The van der Waals surface area contributed by atoms with Crippen molar-refractivity contribution >= 4 is 11.7 Å². The first-order chi connectivity index (χ1) is 14.0. The fourth-order valence-electron chi connectivity index (χ4n) is 3.97. The zero-order valence-electron chi connectivity index (χ0n) is 16.6. The summed E-state index contributed by atoms with van der Waals surface area (Å²) in [5.41, 5.74) is 0.470. The zero-order chi connectivity index (χ0) is 20.4. The molecule has 1 amide bonds. The van der Waals surface area contributed by atoms with Crippen LogP contribution in [0.25, 0.3) is 0 Å². The third-order valence-corrected chi connectivity index (χ3v) is 5.54. The normalized spacial score (nSPS) is 17.4. The molecular formula is C22H24N2O5. The molecular weight excluding hydrogens is 372 g/mol. The zero-order valence-corrected chi connectivity index (χ0v) is 16.6. The number of nitrogens with zero attached hydrogens (tertiary/aromatic N) is 2. The molecule has 0 N–H and O–H groups in total. The molecule has 1 aromatic heterocycles. The van der Waals surface area contributed by atoms with Crippen LogP contribution in [0.2, 0.25) is 0 Å². The summed E-state index contributed by atoms with van der Waals surface area (Å²) in [6.45, 7) is 3.31. The molecule has 1 saturated heterocycles. The molecule has 4 rings (SSSR count). The highest BCUT2D eigenvalue weighted by molar-refractivity contribution is 6.00. The van der Waals surface area contributed by atoms with E-state index in [9.17, 15) is 9.59 Å². The second-order valence-electron chi connectivity index (χ2n) is 7.33. The number of hydrogen-bond donors (Lipinski definition) is 0. The maximum atomic E-state index is 13.0. The molecule has 0 bridgehead atoms. The number of amides is 1. The van der Waals surface area contributed by atoms with Crippen LogP contribution in [0.5, 0.6) is 17.4 Å². The van der Waals surface area contributed by atoms with Gasteiger partial charge >= 0.3 is 0 Å². The molecule has 7 heteroatoms. The fourth-order valence-corrected chi connectivity index (χ4v) is 3.97. The molecule has 0 saturated carbocycles. The van der Waals surface area contributed by atoms with Crippen LogP contribution in [-0.4, -0.2) is 54.0 Å². The van der Waals surface area contributed by atoms with Gasteiger partial charge in [-0.25, -0.2) is 4.98 Å². The monoisotopic (exact) mass is 396 g/mol. The van der Waals surface area contributed by atoms with Crippen molar-refractivity contribution in [2.45, 2.75) is 31.8 Å². The predicted octanol–water partition coefficient (Wildman–Crippen LogP) is 3.13. The predicted molar refractivity (Wildman–Crippen MR) is 106 cm³/mol. The minimum absolute atomic E-state index is 0.0690. The number of rotatable bonds is 4. The summed E-state index contributed by atoms with van der Waals surface area (Å²) in [5, 5.41) is 0. The van der Waals surface area contributed by atoms with Crippen molar-refractivity contribution < 1.29 is 23.8 Å². The molecule has 1 fully saturated rings. The van der Waals surface area contributed by atoms with E-state index < -0.39 is 5.60 Å². The number of ether oxygens (including phenoxy) is 3. The lowest BCUT2D eigenvalue weighted by Crippen LogP contribution is -2.52. The van der Waals surface area contributed by atoms with Crippen molar-refractivity contribution in [2.75, 3.05) is 26.8 Å². The first kappa shape index (κ1) is 19.2. The van der Waals surface area contributed by atoms with Crippen LogP contribution in [0, 0.1) is 0 Å². The van der Waals surface area contributed by atoms with Gasteiger partial charge in [0.2, 0.25) is 5.88 Å². The van der Waals surface area contributed by atoms with E-state index in [2.05, 4.69) is 4.98 Å². The van der Waals surface area contributed by atoms with E-state index >= 15 is 0 Å². The van der Waals surface area contributed by atoms with Gasteiger partial charge < -0.3 is 19.1 Å². The van der Waals surface area contributed by atoms with Gasteiger partial charge in [-0.15, -0.1) is 0 Å². The second kappa shape index (κ2) is 7.73. The number of benzene rings is 1. The topological polar surface area (TPSA) is 78.0 Å². The summed E-state index contributed by atoms with van der Waals surface area (Å²) in [7, 11) is 1.58. The quantitative estimate of drug-likeness (QED) is 0.790. The number of pyridine rings is 1. The van der Waals surface area contributed by atoms with Gasteiger partial charge in [0.05, 0.1) is 25.7 Å². The van der Waals surface area contributed by atoms with E-state index in [-0.39, 0.29) is 11.7 Å². The van der Waals surface area contributed by atoms with Gasteiger partial charge in [-0.3, -0.25) is 9.59 Å². The van der Waals surface area contributed by atoms with Gasteiger partial charge in [0.15, 0.2) is 5.78 Å². The number of carbonyl (C=O) groups excluding carboxylic acids is 2. The lowest BCUT2D eigenvalue weighted by atomic mass is 9.82. The maximum Gasteiger partial charge on any atom is 0.259 e. The minimum Gasteiger partial charge on any atom is -0.497 e. The molecule has 0 radical (unpaired) electrons. The standard InChI is InChI=1S/C22H24N2O5/c1-3-28-20-17(5-4-10-23-20)21(26)24-11-8-22(9-12-24)14-18(25)16-7-6-15(27-2)13-19(16)29-22/h4-7,10,13H,3,8-9,11-12,14H2,1-2H3. The van der Waals surface area contributed by atoms with E-state index in [0.29, 0.717) is 67.5 Å². The third kappa shape index (κ3) is 3.64. The van der Waals surface area contributed by atoms with Gasteiger partial charge in [0.25, 0.3) is 5.91 Å². The Kier molecular flexibility index (Phi) is 5.13. The molecule has 2 aliphatic rings. The molecule has 0 aliphatic carbocycles. The Morgan fingerprint density at radius 2 is 2.07 bits per heavy atom. The summed E-state index contributed by atoms with van der Waals surface area (Å²) >= 11 is 0. The number of piperidine rings is 1. The first-order valence-electron chi connectivity index (χ1n) is 9.82. The van der Waals surface area contributed by atoms with Crippen molar-refractivity contribution in [3.8, 4) is 17.4 Å². The smallest absolute Gasteiger partial charge is 0.259 e. The molecule has 2 aromatic rings. The van der Waals surface area contributed by atoms with Crippen LogP contribution in [-0.2, 0) is 0 Å². The highest BCUT2D eigenvalue weighted by Gasteiger charge is 2.44. The lowest BCUT2D eigenvalue weighted by Gasteiger charge is -2.44. The van der Waals surface area contributed by atoms with Crippen molar-refractivity contribution in [2.24, 2.45) is 0 Å². The highest BCUT2D eigenvalue weighted by Crippen LogP contribution is 2.41. The maximum absolute atomic E-state index is 13.0. The first-order valence-corrected chi connectivity index (χ1v) is 9.82. The van der Waals surface area contributed by atoms with Gasteiger partial charge in [-0.1, -0.05) is 0 Å². The Hall–Kier alpha value is -3.09. The Morgan fingerprint density at radius 1 is 1.28 bits per heavy atom. The molecule has 29 heavy (non-hydrogen) atoms. The van der Waals surface area contributed by atoms with E-state index in [0.717, 1.165) is 0 Å². The highest BCUT2D eigenvalue weighted by atomic mass is 16.5. The van der Waals surface area contributed by atoms with E-state index in [4.69, 9.17) is 14.2 Å². The fraction of sp³-hybridized carbons (Fsp3) is 0.409. The van der Waals surface area contributed by atoms with Crippen molar-refractivity contribution in [3.63, 3.8) is 0 Å². The molecule has 2 aliphatic heterocycles. The van der Waals surface area contributed by atoms with Crippen LogP contribution < -0.4 is 14.2 Å². The van der Waals surface area contributed by atoms with Crippen LogP contribution in [0.4, 0.5) is 0 Å². The van der Waals surface area contributed by atoms with Crippen LogP contribution in [0.15, 0.2) is 36.5 Å². The summed E-state index contributed by atoms with van der Waals surface area (Å²) in [6, 6.07) is 8.74. The van der Waals surface area contributed by atoms with Crippen molar-refractivity contribution in [1.82, 2.24) is 9.88 Å². The molecule has 1 spiro atoms. The van der Waals surface area contributed by atoms with E-state index in [1.165, 1.54) is 0 Å². The molecule has 0 unspecified atom stereocenters. The summed E-state index contributed by atoms with van der Waals surface area (Å²) in [4.78, 5) is 31.6. The average Bonchev–Trinajstić information content (AvgIpc) is 2.74. The second-order valence-corrected chi connectivity index (χ2v) is 7.33. The molecule has 3 heterocycles. The third-order valence-electron chi connectivity index (χ3n) is 5.54. The number of hydrogen-bond acceptors (Lipinski definition) is 6. The Morgan fingerprint density at radius 3 is 2.79 bits per heavy atom. The number of aromatic nitrogens is 1. The molecule has 1 aromatic carbocycles. The molecule has 0 atom stereocenters. The van der Waals surface area contributed by atoms with E-state index in [1.807, 2.05) is 6.92 Å². The van der Waals surface area contributed by atoms with Crippen molar-refractivity contribution in [1.29, 1.82) is 0 Å². The van der Waals surface area contributed by atoms with Gasteiger partial charge in [-0.2, -0.15) is 0 Å². The largest absolute Gasteiger partial charge is 0.497 e. The van der Waals surface area contributed by atoms with E-state index in [1.54, 1.807) is 48.5 Å². The Bertz CT molecular complexity index is 935. The molecule has 7 nitrogen and oxygen atoms in total. The van der Waals surface area contributed by atoms with Crippen LogP contribution in [0.3, 0.4) is 0 Å². The number of likely N-dealkylation sites (tertiary alicyclic amines) is 1. The van der Waals surface area contributed by atoms with Crippen LogP contribution >= 0.6 is 0 Å². The number of fused-ring (bicyclic) bond motifs is 1. The SMILES string of the molecule is CCOc1ncccc1C(=O)N1CCC2(CC1)CC(=O)c1ccc(OC)cc1O2. The number of Topliss-reactive ketones (excluding diaryl/α,β-unsaturated/α-hetero) is 1. The summed E-state index contributed by atoms with van der Waals surface area (Å²) in [5.74, 6) is 1.53. The summed E-state index contributed by atoms with van der Waals surface area (Å²) in [6.07, 6.45) is 3.11. The lowest BCUT2D eigenvalue weighted by molar-refractivity contribution is -0.00588. The Labute approximate surface area is 169 Å². The summed E-state index contributed by atoms with van der Waals surface area (Å²) < 4.78 is 17.0.